The summed E-state index contributed by atoms with van der Waals surface area (Å²) in [7, 11) is 0. The summed E-state index contributed by atoms with van der Waals surface area (Å²) in [5.74, 6) is 1.66. The molecule has 0 N–H and O–H groups in total. The molecular formula is C52H44N2S. The van der Waals surface area contributed by atoms with Crippen LogP contribution in [0.25, 0.3) is 60.3 Å². The number of para-hydroxylation sites is 2. The minimum Gasteiger partial charge on any atom is -0.336 e. The zero-order valence-corrected chi connectivity index (χ0v) is 31.8. The highest BCUT2D eigenvalue weighted by molar-refractivity contribution is 8.01. The number of nitrogens with zero attached hydrogens (tertiary/aromatic N) is 2. The molecule has 55 heavy (non-hydrogen) atoms. The first-order valence-electron chi connectivity index (χ1n) is 20.5. The summed E-state index contributed by atoms with van der Waals surface area (Å²) in [6.45, 7) is 0. The zero-order valence-electron chi connectivity index (χ0n) is 31.0. The normalized spacial score (nSPS) is 27.0. The van der Waals surface area contributed by atoms with Crippen molar-refractivity contribution in [2.75, 3.05) is 0 Å². The first kappa shape index (κ1) is 32.0. The molecule has 268 valence electrons. The van der Waals surface area contributed by atoms with Gasteiger partial charge in [0.25, 0.3) is 0 Å². The first-order chi connectivity index (χ1) is 27.3. The van der Waals surface area contributed by atoms with E-state index in [1.807, 2.05) is 0 Å². The molecule has 5 aliphatic rings. The summed E-state index contributed by atoms with van der Waals surface area (Å²) >= 11 is 2.19. The number of fused-ring (bicyclic) bond motifs is 10. The van der Waals surface area contributed by atoms with E-state index in [1.165, 1.54) is 73.1 Å². The number of thioether (sulfide) groups is 1. The third kappa shape index (κ3) is 4.88. The monoisotopic (exact) mass is 728 g/mol. The molecule has 0 bridgehead atoms. The fraction of sp³-hybridized carbons (Fsp3) is 0.231. The lowest BCUT2D eigenvalue weighted by Gasteiger charge is -2.37. The number of aromatic nitrogens is 2. The largest absolute Gasteiger partial charge is 0.336 e. The quantitative estimate of drug-likeness (QED) is 0.164. The van der Waals surface area contributed by atoms with Crippen molar-refractivity contribution in [1.29, 1.82) is 0 Å². The predicted octanol–water partition coefficient (Wildman–Crippen LogP) is 13.7. The maximum atomic E-state index is 2.74. The molecule has 1 fully saturated rings. The van der Waals surface area contributed by atoms with Crippen LogP contribution in [0.5, 0.6) is 0 Å². The van der Waals surface area contributed by atoms with Crippen LogP contribution < -0.4 is 0 Å². The second-order valence-electron chi connectivity index (χ2n) is 16.4. The number of benzene rings is 5. The maximum Gasteiger partial charge on any atom is 0.0502 e. The van der Waals surface area contributed by atoms with Gasteiger partial charge in [-0.2, -0.15) is 0 Å². The standard InChI is InChI=1S/C52H44N2S/c1-2-13-34(14-3-1)38-27-30-49(52-51(38)41-20-8-11-24-50(41)55-52)54-46-22-10-7-19-40(46)43-32-36(26-29-48(43)54)35-25-28-47-42(31-35)39-18-6-9-21-45(39)53(47)44-23-12-16-33-15-4-5-17-37(33)44/h1-3,5-14,16-22,24-26,28-29,31-33,37,41,44,49-50,52H,4,15,23,27,30H2. The molecular weight excluding hydrogens is 685 g/mol. The molecule has 7 unspecified atom stereocenters. The lowest BCUT2D eigenvalue weighted by atomic mass is 9.75. The lowest BCUT2D eigenvalue weighted by Crippen LogP contribution is -2.28. The average molecular weight is 729 g/mol. The van der Waals surface area contributed by atoms with Crippen molar-refractivity contribution in [3.8, 4) is 11.1 Å². The molecule has 0 saturated carbocycles. The Bertz CT molecular complexity index is 2820. The molecule has 3 heterocycles. The minimum atomic E-state index is 0.392. The zero-order chi connectivity index (χ0) is 36.0. The van der Waals surface area contributed by atoms with Crippen molar-refractivity contribution in [3.05, 3.63) is 175 Å². The lowest BCUT2D eigenvalue weighted by molar-refractivity contribution is 0.292. The van der Waals surface area contributed by atoms with Gasteiger partial charge in [-0.15, -0.1) is 11.8 Å². The van der Waals surface area contributed by atoms with Gasteiger partial charge in [-0.25, -0.2) is 0 Å². The Morgan fingerprint density at radius 3 is 1.93 bits per heavy atom. The average Bonchev–Trinajstić information content (AvgIpc) is 3.91. The Hall–Kier alpha value is -5.25. The molecule has 2 aromatic heterocycles. The van der Waals surface area contributed by atoms with Crippen LogP contribution in [0.4, 0.5) is 0 Å². The molecule has 0 radical (unpaired) electrons. The van der Waals surface area contributed by atoms with Crippen molar-refractivity contribution < 1.29 is 0 Å². The van der Waals surface area contributed by atoms with Crippen molar-refractivity contribution in [2.45, 2.75) is 54.7 Å². The number of hydrogen-bond acceptors (Lipinski definition) is 1. The Morgan fingerprint density at radius 2 is 1.18 bits per heavy atom. The SMILES string of the molecule is C1=CC2SC3C(=C(c4ccccc4)CCC3n3c4ccccc4c4cc(-c5ccc6c(c5)c5ccccc5n6C5CC=CC6CCC=CC65)ccc43)C2C=C1. The van der Waals surface area contributed by atoms with Crippen LogP contribution in [-0.4, -0.2) is 19.6 Å². The molecule has 3 heteroatoms. The van der Waals surface area contributed by atoms with Crippen LogP contribution in [0.1, 0.15) is 49.8 Å². The van der Waals surface area contributed by atoms with Crippen LogP contribution in [0.2, 0.25) is 0 Å². The molecule has 7 atom stereocenters. The van der Waals surface area contributed by atoms with Gasteiger partial charge < -0.3 is 9.13 Å². The van der Waals surface area contributed by atoms with Gasteiger partial charge in [-0.1, -0.05) is 127 Å². The molecule has 1 saturated heterocycles. The molecule has 12 rings (SSSR count). The van der Waals surface area contributed by atoms with Gasteiger partial charge in [0.15, 0.2) is 0 Å². The second kappa shape index (κ2) is 12.6. The van der Waals surface area contributed by atoms with E-state index in [1.54, 1.807) is 11.1 Å². The molecule has 0 spiro atoms. The molecule has 5 aromatic carbocycles. The van der Waals surface area contributed by atoms with Gasteiger partial charge in [-0.3, -0.25) is 0 Å². The number of rotatable bonds is 4. The smallest absolute Gasteiger partial charge is 0.0502 e. The van der Waals surface area contributed by atoms with Crippen LogP contribution in [0.3, 0.4) is 0 Å². The Labute approximate surface area is 327 Å². The summed E-state index contributed by atoms with van der Waals surface area (Å²) in [5, 5.41) is 6.37. The molecule has 1 aliphatic heterocycles. The topological polar surface area (TPSA) is 9.86 Å². The van der Waals surface area contributed by atoms with Crippen LogP contribution >= 0.6 is 11.8 Å². The van der Waals surface area contributed by atoms with Gasteiger partial charge in [0.1, 0.15) is 0 Å². The molecule has 2 nitrogen and oxygen atoms in total. The van der Waals surface area contributed by atoms with E-state index < -0.39 is 0 Å². The van der Waals surface area contributed by atoms with E-state index >= 15 is 0 Å². The Morgan fingerprint density at radius 1 is 0.527 bits per heavy atom. The summed E-state index contributed by atoms with van der Waals surface area (Å²) in [4.78, 5) is 0. The third-order valence-electron chi connectivity index (χ3n) is 13.7. The second-order valence-corrected chi connectivity index (χ2v) is 17.8. The number of hydrogen-bond donors (Lipinski definition) is 0. The first-order valence-corrected chi connectivity index (χ1v) is 21.4. The van der Waals surface area contributed by atoms with E-state index in [-0.39, 0.29) is 0 Å². The van der Waals surface area contributed by atoms with Crippen LogP contribution in [-0.2, 0) is 0 Å². The fourth-order valence-electron chi connectivity index (χ4n) is 11.3. The van der Waals surface area contributed by atoms with Gasteiger partial charge in [0.2, 0.25) is 0 Å². The molecule has 4 aliphatic carbocycles. The third-order valence-corrected chi connectivity index (χ3v) is 15.3. The number of allylic oxidation sites excluding steroid dienone is 8. The predicted molar refractivity (Wildman–Crippen MR) is 235 cm³/mol. The van der Waals surface area contributed by atoms with E-state index in [2.05, 4.69) is 185 Å². The summed E-state index contributed by atoms with van der Waals surface area (Å²) in [6, 6.07) is 44.9. The Kier molecular flexibility index (Phi) is 7.37. The Balaban J connectivity index is 0.985. The van der Waals surface area contributed by atoms with Crippen molar-refractivity contribution in [2.24, 2.45) is 17.8 Å². The van der Waals surface area contributed by atoms with Crippen LogP contribution in [0.15, 0.2) is 169 Å². The highest BCUT2D eigenvalue weighted by Gasteiger charge is 2.46. The van der Waals surface area contributed by atoms with E-state index in [9.17, 15) is 0 Å². The van der Waals surface area contributed by atoms with E-state index in [0.29, 0.717) is 40.3 Å². The van der Waals surface area contributed by atoms with Crippen LogP contribution in [0, 0.1) is 17.8 Å². The van der Waals surface area contributed by atoms with Crippen molar-refractivity contribution in [1.82, 2.24) is 9.13 Å². The van der Waals surface area contributed by atoms with Gasteiger partial charge in [0.05, 0.1) is 6.04 Å². The van der Waals surface area contributed by atoms with Crippen molar-refractivity contribution >= 4 is 60.9 Å². The molecule has 7 aromatic rings. The van der Waals surface area contributed by atoms with Gasteiger partial charge >= 0.3 is 0 Å². The highest BCUT2D eigenvalue weighted by Crippen LogP contribution is 2.57. The van der Waals surface area contributed by atoms with E-state index in [4.69, 9.17) is 0 Å². The minimum absolute atomic E-state index is 0.392. The highest BCUT2D eigenvalue weighted by atomic mass is 32.2. The maximum absolute atomic E-state index is 2.74. The molecule has 0 amide bonds. The summed E-state index contributed by atoms with van der Waals surface area (Å²) in [5.41, 5.74) is 12.7. The van der Waals surface area contributed by atoms with Gasteiger partial charge in [-0.05, 0) is 102 Å². The van der Waals surface area contributed by atoms with Gasteiger partial charge in [0, 0.05) is 72.0 Å². The fourth-order valence-corrected chi connectivity index (χ4v) is 13.1. The van der Waals surface area contributed by atoms with E-state index in [0.717, 1.165) is 19.3 Å². The van der Waals surface area contributed by atoms with Crippen molar-refractivity contribution in [3.63, 3.8) is 0 Å². The summed E-state index contributed by atoms with van der Waals surface area (Å²) in [6.07, 6.45) is 25.1. The summed E-state index contributed by atoms with van der Waals surface area (Å²) < 4.78 is 5.42.